The van der Waals surface area contributed by atoms with Crippen molar-refractivity contribution in [1.82, 2.24) is 4.98 Å². The van der Waals surface area contributed by atoms with E-state index in [4.69, 9.17) is 10.5 Å². The molecule has 4 rings (SSSR count). The number of aliphatic carboxylic acids is 1. The Hall–Kier alpha value is -3.61. The van der Waals surface area contributed by atoms with E-state index in [1.165, 1.54) is 12.1 Å². The first-order valence-corrected chi connectivity index (χ1v) is 12.4. The lowest BCUT2D eigenvalue weighted by Gasteiger charge is -2.40. The number of aromatic nitrogens is 1. The Morgan fingerprint density at radius 3 is 2.36 bits per heavy atom. The zero-order valence-electron chi connectivity index (χ0n) is 21.2. The zero-order chi connectivity index (χ0) is 25.9. The van der Waals surface area contributed by atoms with Crippen LogP contribution >= 0.6 is 0 Å². The molecule has 2 aromatic carbocycles. The van der Waals surface area contributed by atoms with Gasteiger partial charge < -0.3 is 20.5 Å². The number of hydrogen-bond acceptors (Lipinski definition) is 5. The number of halogens is 1. The summed E-state index contributed by atoms with van der Waals surface area (Å²) in [6.45, 7) is 8.60. The first kappa shape index (κ1) is 25.5. The van der Waals surface area contributed by atoms with Gasteiger partial charge in [-0.3, -0.25) is 4.79 Å². The Kier molecular flexibility index (Phi) is 7.48. The van der Waals surface area contributed by atoms with Crippen LogP contribution < -0.4 is 15.4 Å². The molecule has 1 fully saturated rings. The quantitative estimate of drug-likeness (QED) is 0.423. The molecule has 190 valence electrons. The van der Waals surface area contributed by atoms with Crippen molar-refractivity contribution in [2.75, 3.05) is 30.3 Å². The summed E-state index contributed by atoms with van der Waals surface area (Å²) in [6, 6.07) is 14.2. The molecule has 3 N–H and O–H groups in total. The SMILES string of the molecule is Cc1nc(N)c(CC(=O)O)c(N2CCC(C)(C)CC2)c1-c1ccc(OCCc2ccc(F)cc2)cc1. The van der Waals surface area contributed by atoms with Crippen molar-refractivity contribution in [3.05, 3.63) is 71.2 Å². The van der Waals surface area contributed by atoms with Crippen LogP contribution in [0.3, 0.4) is 0 Å². The van der Waals surface area contributed by atoms with Crippen LogP contribution in [0.25, 0.3) is 11.1 Å². The number of carboxylic acids is 1. The zero-order valence-corrected chi connectivity index (χ0v) is 21.2. The van der Waals surface area contributed by atoms with E-state index in [1.54, 1.807) is 12.1 Å². The third-order valence-electron chi connectivity index (χ3n) is 6.96. The molecule has 1 aliphatic heterocycles. The summed E-state index contributed by atoms with van der Waals surface area (Å²) in [4.78, 5) is 18.5. The van der Waals surface area contributed by atoms with Crippen molar-refractivity contribution in [3.63, 3.8) is 0 Å². The number of ether oxygens (including phenoxy) is 1. The van der Waals surface area contributed by atoms with Crippen LogP contribution in [0.15, 0.2) is 48.5 Å². The maximum atomic E-state index is 13.1. The van der Waals surface area contributed by atoms with E-state index >= 15 is 0 Å². The second kappa shape index (κ2) is 10.6. The second-order valence-corrected chi connectivity index (χ2v) is 10.3. The third kappa shape index (κ3) is 5.96. The van der Waals surface area contributed by atoms with E-state index in [-0.39, 0.29) is 23.5 Å². The average Bonchev–Trinajstić information content (AvgIpc) is 2.82. The standard InChI is InChI=1S/C29H34FN3O3/c1-19-26(21-6-10-23(11-7-21)36-17-12-20-4-8-22(30)9-5-20)27(24(18-25(34)35)28(31)32-19)33-15-13-29(2,3)14-16-33/h4-11H,12-18H2,1-3H3,(H2,31,32)(H,34,35). The highest BCUT2D eigenvalue weighted by atomic mass is 19.1. The second-order valence-electron chi connectivity index (χ2n) is 10.3. The van der Waals surface area contributed by atoms with Crippen LogP contribution in [0.5, 0.6) is 5.75 Å². The van der Waals surface area contributed by atoms with Gasteiger partial charge in [0.15, 0.2) is 0 Å². The van der Waals surface area contributed by atoms with Gasteiger partial charge in [0, 0.05) is 36.3 Å². The smallest absolute Gasteiger partial charge is 0.308 e. The van der Waals surface area contributed by atoms with Crippen LogP contribution in [0.2, 0.25) is 0 Å². The lowest BCUT2D eigenvalue weighted by atomic mass is 9.82. The molecule has 0 spiro atoms. The number of pyridine rings is 1. The Morgan fingerprint density at radius 2 is 1.75 bits per heavy atom. The molecule has 1 saturated heterocycles. The molecule has 0 atom stereocenters. The lowest BCUT2D eigenvalue weighted by Crippen LogP contribution is -2.38. The van der Waals surface area contributed by atoms with E-state index in [0.717, 1.165) is 59.8 Å². The first-order chi connectivity index (χ1) is 17.1. The molecule has 7 heteroatoms. The molecule has 0 amide bonds. The van der Waals surface area contributed by atoms with Gasteiger partial charge in [-0.1, -0.05) is 38.1 Å². The fourth-order valence-electron chi connectivity index (χ4n) is 4.76. The molecule has 3 aromatic rings. The van der Waals surface area contributed by atoms with E-state index in [1.807, 2.05) is 31.2 Å². The van der Waals surface area contributed by atoms with E-state index in [2.05, 4.69) is 23.7 Å². The number of nitrogen functional groups attached to an aromatic ring is 1. The maximum Gasteiger partial charge on any atom is 0.308 e. The number of carboxylic acid groups (broad SMARTS) is 1. The van der Waals surface area contributed by atoms with E-state index < -0.39 is 5.97 Å². The molecule has 0 aliphatic carbocycles. The lowest BCUT2D eigenvalue weighted by molar-refractivity contribution is -0.136. The third-order valence-corrected chi connectivity index (χ3v) is 6.96. The molecule has 6 nitrogen and oxygen atoms in total. The summed E-state index contributed by atoms with van der Waals surface area (Å²) in [5.41, 5.74) is 11.6. The Morgan fingerprint density at radius 1 is 1.11 bits per heavy atom. The number of nitrogens with zero attached hydrogens (tertiary/aromatic N) is 2. The minimum absolute atomic E-state index is 0.175. The highest BCUT2D eigenvalue weighted by Gasteiger charge is 2.30. The molecule has 1 aromatic heterocycles. The van der Waals surface area contributed by atoms with Gasteiger partial charge in [0.25, 0.3) is 0 Å². The van der Waals surface area contributed by atoms with Crippen molar-refractivity contribution in [1.29, 1.82) is 0 Å². The molecular weight excluding hydrogens is 457 g/mol. The van der Waals surface area contributed by atoms with Crippen molar-refractivity contribution in [2.24, 2.45) is 5.41 Å². The maximum absolute atomic E-state index is 13.1. The van der Waals surface area contributed by atoms with Gasteiger partial charge in [-0.15, -0.1) is 0 Å². The van der Waals surface area contributed by atoms with E-state index in [0.29, 0.717) is 18.6 Å². The molecule has 0 saturated carbocycles. The minimum atomic E-state index is -0.929. The summed E-state index contributed by atoms with van der Waals surface area (Å²) in [5.74, 6) is -0.170. The molecule has 0 unspecified atom stereocenters. The number of carbonyl (C=O) groups is 1. The summed E-state index contributed by atoms with van der Waals surface area (Å²) in [6.07, 6.45) is 2.53. The van der Waals surface area contributed by atoms with Crippen molar-refractivity contribution in [2.45, 2.75) is 46.5 Å². The van der Waals surface area contributed by atoms with Crippen LogP contribution in [0.1, 0.15) is 43.5 Å². The monoisotopic (exact) mass is 491 g/mol. The number of hydrogen-bond donors (Lipinski definition) is 2. The number of aryl methyl sites for hydroxylation is 1. The van der Waals surface area contributed by atoms with Crippen molar-refractivity contribution in [3.8, 4) is 16.9 Å². The molecular formula is C29H34FN3O3. The normalized spacial score (nSPS) is 15.1. The summed E-state index contributed by atoms with van der Waals surface area (Å²) in [7, 11) is 0. The number of nitrogens with two attached hydrogens (primary N) is 1. The van der Waals surface area contributed by atoms with Crippen molar-refractivity contribution < 1.29 is 19.0 Å². The molecule has 0 bridgehead atoms. The average molecular weight is 492 g/mol. The molecule has 0 radical (unpaired) electrons. The summed E-state index contributed by atoms with van der Waals surface area (Å²) >= 11 is 0. The van der Waals surface area contributed by atoms with Crippen LogP contribution in [0.4, 0.5) is 15.9 Å². The fraction of sp³-hybridized carbons (Fsp3) is 0.379. The Labute approximate surface area is 211 Å². The van der Waals surface area contributed by atoms with E-state index in [9.17, 15) is 14.3 Å². The number of rotatable bonds is 8. The first-order valence-electron chi connectivity index (χ1n) is 12.4. The number of anilines is 2. The predicted octanol–water partition coefficient (Wildman–Crippen LogP) is 5.65. The molecule has 1 aliphatic rings. The van der Waals surface area contributed by atoms with Gasteiger partial charge in [0.2, 0.25) is 0 Å². The van der Waals surface area contributed by atoms with Gasteiger partial charge >= 0.3 is 5.97 Å². The van der Waals surface area contributed by atoms with Gasteiger partial charge in [-0.25, -0.2) is 9.37 Å². The highest BCUT2D eigenvalue weighted by Crippen LogP contribution is 2.42. The number of piperidine rings is 1. The molecule has 2 heterocycles. The largest absolute Gasteiger partial charge is 0.493 e. The topological polar surface area (TPSA) is 88.7 Å². The highest BCUT2D eigenvalue weighted by molar-refractivity contribution is 5.88. The molecule has 36 heavy (non-hydrogen) atoms. The van der Waals surface area contributed by atoms with Crippen LogP contribution in [-0.2, 0) is 17.6 Å². The minimum Gasteiger partial charge on any atom is -0.493 e. The fourth-order valence-corrected chi connectivity index (χ4v) is 4.76. The summed E-state index contributed by atoms with van der Waals surface area (Å²) in [5, 5.41) is 9.61. The predicted molar refractivity (Wildman–Crippen MR) is 141 cm³/mol. The van der Waals surface area contributed by atoms with Gasteiger partial charge in [0.1, 0.15) is 17.4 Å². The Bertz CT molecular complexity index is 1210. The van der Waals surface area contributed by atoms with Gasteiger partial charge in [-0.05, 0) is 60.6 Å². The Balaban J connectivity index is 1.61. The van der Waals surface area contributed by atoms with Gasteiger partial charge in [0.05, 0.1) is 18.7 Å². The summed E-state index contributed by atoms with van der Waals surface area (Å²) < 4.78 is 19.0. The van der Waals surface area contributed by atoms with Crippen LogP contribution in [-0.4, -0.2) is 35.8 Å². The number of benzene rings is 2. The van der Waals surface area contributed by atoms with Gasteiger partial charge in [-0.2, -0.15) is 0 Å². The van der Waals surface area contributed by atoms with Crippen LogP contribution in [0, 0.1) is 18.2 Å². The van der Waals surface area contributed by atoms with Crippen molar-refractivity contribution >= 4 is 17.5 Å².